The number of likely N-dealkylation sites (tertiary alicyclic amines) is 1. The average molecular weight is 473 g/mol. The summed E-state index contributed by atoms with van der Waals surface area (Å²) in [5, 5.41) is 13.5. The van der Waals surface area contributed by atoms with Crippen LogP contribution in [0.4, 0.5) is 4.79 Å². The highest BCUT2D eigenvalue weighted by Gasteiger charge is 2.54. The highest BCUT2D eigenvalue weighted by Crippen LogP contribution is 2.37. The predicted octanol–water partition coefficient (Wildman–Crippen LogP) is 3.32. The van der Waals surface area contributed by atoms with Crippen molar-refractivity contribution < 1.29 is 19.4 Å². The van der Waals surface area contributed by atoms with Crippen molar-refractivity contribution in [3.05, 3.63) is 39.8 Å². The third-order valence-corrected chi connectivity index (χ3v) is 8.14. The van der Waals surface area contributed by atoms with E-state index < -0.39 is 5.54 Å². The van der Waals surface area contributed by atoms with Gasteiger partial charge in [-0.2, -0.15) is 0 Å². The predicted molar refractivity (Wildman–Crippen MR) is 126 cm³/mol. The lowest BCUT2D eigenvalue weighted by molar-refractivity contribution is -0.134. The first-order chi connectivity index (χ1) is 15.9. The van der Waals surface area contributed by atoms with Crippen molar-refractivity contribution in [3.63, 3.8) is 0 Å². The second-order valence-corrected chi connectivity index (χ2v) is 9.78. The highest BCUT2D eigenvalue weighted by molar-refractivity contribution is 7.09. The zero-order valence-corrected chi connectivity index (χ0v) is 20.3. The van der Waals surface area contributed by atoms with Gasteiger partial charge in [-0.1, -0.05) is 19.1 Å². The van der Waals surface area contributed by atoms with Gasteiger partial charge >= 0.3 is 6.03 Å². The van der Waals surface area contributed by atoms with Crippen LogP contribution in [0.5, 0.6) is 11.5 Å². The normalized spacial score (nSPS) is 22.1. The zero-order valence-electron chi connectivity index (χ0n) is 19.5. The first kappa shape index (κ1) is 23.5. The van der Waals surface area contributed by atoms with E-state index in [1.54, 1.807) is 30.0 Å². The summed E-state index contributed by atoms with van der Waals surface area (Å²) in [7, 11) is 1.54. The molecule has 3 heterocycles. The highest BCUT2D eigenvalue weighted by atomic mass is 32.1. The van der Waals surface area contributed by atoms with Crippen LogP contribution in [0.1, 0.15) is 42.3 Å². The molecule has 1 unspecified atom stereocenters. The van der Waals surface area contributed by atoms with Crippen LogP contribution in [0.2, 0.25) is 0 Å². The molecule has 9 heteroatoms. The largest absolute Gasteiger partial charge is 0.504 e. The first-order valence-electron chi connectivity index (χ1n) is 11.5. The Morgan fingerprint density at radius 1 is 1.30 bits per heavy atom. The lowest BCUT2D eigenvalue weighted by atomic mass is 9.75. The van der Waals surface area contributed by atoms with Crippen molar-refractivity contribution in [2.24, 2.45) is 5.92 Å². The fraction of sp³-hybridized carbons (Fsp3) is 0.542. The summed E-state index contributed by atoms with van der Waals surface area (Å²) >= 11 is 1.56. The van der Waals surface area contributed by atoms with E-state index in [0.29, 0.717) is 31.7 Å². The monoisotopic (exact) mass is 472 g/mol. The van der Waals surface area contributed by atoms with Crippen molar-refractivity contribution in [2.45, 2.75) is 51.6 Å². The summed E-state index contributed by atoms with van der Waals surface area (Å²) in [5.74, 6) is 0.641. The number of carbonyl (C=O) groups excluding carboxylic acids is 2. The SMILES string of the molecule is CCC1(C2CCN(Cc3cccc(OC)c3O)CC2)NC(=O)N(CCc2scnc2C)C1=O. The number of phenols is 1. The molecular weight excluding hydrogens is 440 g/mol. The fourth-order valence-corrected chi connectivity index (χ4v) is 5.89. The Balaban J connectivity index is 1.39. The number of hydrogen-bond acceptors (Lipinski definition) is 7. The molecule has 2 aliphatic heterocycles. The number of nitrogens with one attached hydrogen (secondary N) is 1. The molecule has 1 aromatic carbocycles. The van der Waals surface area contributed by atoms with E-state index in [1.165, 1.54) is 4.90 Å². The minimum atomic E-state index is -0.829. The van der Waals surface area contributed by atoms with E-state index in [1.807, 2.05) is 26.0 Å². The molecule has 1 atom stereocenters. The molecule has 8 nitrogen and oxygen atoms in total. The maximum atomic E-state index is 13.5. The number of aryl methyl sites for hydroxylation is 1. The number of carbonyl (C=O) groups is 2. The maximum absolute atomic E-state index is 13.5. The molecule has 2 fully saturated rings. The summed E-state index contributed by atoms with van der Waals surface area (Å²) in [5.41, 5.74) is 2.76. The smallest absolute Gasteiger partial charge is 0.325 e. The molecule has 3 amide bonds. The number of para-hydroxylation sites is 1. The minimum Gasteiger partial charge on any atom is -0.504 e. The second-order valence-electron chi connectivity index (χ2n) is 8.84. The molecule has 2 N–H and O–H groups in total. The number of ether oxygens (including phenoxy) is 1. The lowest BCUT2D eigenvalue weighted by Crippen LogP contribution is -2.55. The molecule has 0 aliphatic carbocycles. The Labute approximate surface area is 198 Å². The van der Waals surface area contributed by atoms with Crippen LogP contribution in [0.15, 0.2) is 23.7 Å². The number of thiazole rings is 1. The lowest BCUT2D eigenvalue weighted by Gasteiger charge is -2.40. The third kappa shape index (κ3) is 4.44. The van der Waals surface area contributed by atoms with Gasteiger partial charge in [0, 0.05) is 30.0 Å². The van der Waals surface area contributed by atoms with Crippen molar-refractivity contribution in [1.29, 1.82) is 0 Å². The Morgan fingerprint density at radius 2 is 2.06 bits per heavy atom. The van der Waals surface area contributed by atoms with Gasteiger partial charge in [0.1, 0.15) is 5.54 Å². The van der Waals surface area contributed by atoms with Crippen molar-refractivity contribution in [2.75, 3.05) is 26.7 Å². The number of amides is 3. The van der Waals surface area contributed by atoms with E-state index in [-0.39, 0.29) is 23.6 Å². The van der Waals surface area contributed by atoms with Crippen LogP contribution < -0.4 is 10.1 Å². The number of piperidine rings is 1. The molecule has 0 spiro atoms. The van der Waals surface area contributed by atoms with Crippen molar-refractivity contribution >= 4 is 23.3 Å². The molecule has 33 heavy (non-hydrogen) atoms. The van der Waals surface area contributed by atoms with Gasteiger partial charge in [-0.15, -0.1) is 11.3 Å². The Hall–Kier alpha value is -2.65. The summed E-state index contributed by atoms with van der Waals surface area (Å²) in [6.07, 6.45) is 2.84. The number of methoxy groups -OCH3 is 1. The molecular formula is C24H32N4O4S. The summed E-state index contributed by atoms with van der Waals surface area (Å²) in [6, 6.07) is 5.24. The minimum absolute atomic E-state index is 0.0873. The van der Waals surface area contributed by atoms with E-state index in [9.17, 15) is 14.7 Å². The molecule has 2 saturated heterocycles. The number of phenolic OH excluding ortho intramolecular Hbond substituents is 1. The number of imide groups is 1. The number of benzene rings is 1. The summed E-state index contributed by atoms with van der Waals surface area (Å²) < 4.78 is 5.22. The second kappa shape index (κ2) is 9.69. The summed E-state index contributed by atoms with van der Waals surface area (Å²) in [6.45, 7) is 6.53. The molecule has 178 valence electrons. The quantitative estimate of drug-likeness (QED) is 0.573. The van der Waals surface area contributed by atoms with Gasteiger partial charge in [-0.3, -0.25) is 14.6 Å². The van der Waals surface area contributed by atoms with E-state index in [4.69, 9.17) is 4.74 Å². The summed E-state index contributed by atoms with van der Waals surface area (Å²) in [4.78, 5) is 35.3. The standard InChI is InChI=1S/C24H32N4O4S/c1-4-24(22(30)28(23(31)26-24)13-10-20-16(2)25-15-33-20)18-8-11-27(12-9-18)14-17-6-5-7-19(32-3)21(17)29/h5-7,15,18,29H,4,8-14H2,1-3H3,(H,26,31). The molecule has 0 radical (unpaired) electrons. The van der Waals surface area contributed by atoms with Crippen molar-refractivity contribution in [1.82, 2.24) is 20.1 Å². The van der Waals surface area contributed by atoms with Crippen LogP contribution in [-0.2, 0) is 17.8 Å². The maximum Gasteiger partial charge on any atom is 0.325 e. The molecule has 2 aliphatic rings. The number of nitrogens with zero attached hydrogens (tertiary/aromatic N) is 3. The third-order valence-electron chi connectivity index (χ3n) is 7.15. The molecule has 2 aromatic rings. The van der Waals surface area contributed by atoms with E-state index in [2.05, 4.69) is 15.2 Å². The van der Waals surface area contributed by atoms with Crippen molar-refractivity contribution in [3.8, 4) is 11.5 Å². The molecule has 0 saturated carbocycles. The zero-order chi connectivity index (χ0) is 23.6. The Kier molecular flexibility index (Phi) is 6.90. The van der Waals surface area contributed by atoms with Gasteiger partial charge in [0.15, 0.2) is 11.5 Å². The Bertz CT molecular complexity index is 1020. The number of aromatic hydroxyl groups is 1. The topological polar surface area (TPSA) is 95.0 Å². The number of aromatic nitrogens is 1. The van der Waals surface area contributed by atoms with Gasteiger partial charge in [0.05, 0.1) is 18.3 Å². The van der Waals surface area contributed by atoms with Crippen LogP contribution in [0.25, 0.3) is 0 Å². The number of urea groups is 1. The van der Waals surface area contributed by atoms with Crippen LogP contribution in [0, 0.1) is 12.8 Å². The van der Waals surface area contributed by atoms with Crippen LogP contribution in [0.3, 0.4) is 0 Å². The van der Waals surface area contributed by atoms with Gasteiger partial charge in [0.2, 0.25) is 0 Å². The van der Waals surface area contributed by atoms with Crippen LogP contribution >= 0.6 is 11.3 Å². The Morgan fingerprint density at radius 3 is 2.70 bits per heavy atom. The van der Waals surface area contributed by atoms with Gasteiger partial charge in [-0.05, 0) is 51.3 Å². The van der Waals surface area contributed by atoms with Gasteiger partial charge < -0.3 is 15.2 Å². The van der Waals surface area contributed by atoms with Gasteiger partial charge in [-0.25, -0.2) is 9.78 Å². The molecule has 4 rings (SSSR count). The first-order valence-corrected chi connectivity index (χ1v) is 12.4. The molecule has 0 bridgehead atoms. The average Bonchev–Trinajstić information content (AvgIpc) is 3.34. The number of hydrogen-bond donors (Lipinski definition) is 2. The van der Waals surface area contributed by atoms with E-state index in [0.717, 1.165) is 42.1 Å². The molecule has 1 aromatic heterocycles. The number of rotatable bonds is 8. The van der Waals surface area contributed by atoms with E-state index >= 15 is 0 Å². The van der Waals surface area contributed by atoms with Crippen LogP contribution in [-0.4, -0.2) is 64.1 Å². The fourth-order valence-electron chi connectivity index (χ4n) is 5.12. The van der Waals surface area contributed by atoms with Gasteiger partial charge in [0.25, 0.3) is 5.91 Å².